The molecule has 2 rings (SSSR count). The average molecular weight is 334 g/mol. The molecule has 1 atom stereocenters. The molecule has 0 bridgehead atoms. The molecule has 4 nitrogen and oxygen atoms in total. The SMILES string of the molecule is Cc1ncc(I)c(=O)n1CCC1CCCO1. The summed E-state index contributed by atoms with van der Waals surface area (Å²) in [5.41, 5.74) is 0.0612. The van der Waals surface area contributed by atoms with E-state index in [0.717, 1.165) is 31.7 Å². The zero-order chi connectivity index (χ0) is 11.5. The maximum Gasteiger partial charge on any atom is 0.266 e. The molecule has 0 N–H and O–H groups in total. The predicted molar refractivity (Wildman–Crippen MR) is 69.5 cm³/mol. The fraction of sp³-hybridized carbons (Fsp3) is 0.636. The summed E-state index contributed by atoms with van der Waals surface area (Å²) in [5.74, 6) is 0.781. The van der Waals surface area contributed by atoms with Gasteiger partial charge in [0.25, 0.3) is 5.56 Å². The van der Waals surface area contributed by atoms with Crippen molar-refractivity contribution >= 4 is 22.6 Å². The van der Waals surface area contributed by atoms with Gasteiger partial charge in [-0.25, -0.2) is 4.98 Å². The number of nitrogens with zero attached hydrogens (tertiary/aromatic N) is 2. The van der Waals surface area contributed by atoms with Crippen molar-refractivity contribution in [1.82, 2.24) is 9.55 Å². The van der Waals surface area contributed by atoms with Crippen LogP contribution in [0.25, 0.3) is 0 Å². The zero-order valence-corrected chi connectivity index (χ0v) is 11.4. The van der Waals surface area contributed by atoms with Gasteiger partial charge in [0.05, 0.1) is 9.67 Å². The minimum absolute atomic E-state index is 0.0612. The second-order valence-corrected chi connectivity index (χ2v) is 5.20. The summed E-state index contributed by atoms with van der Waals surface area (Å²) >= 11 is 2.03. The molecule has 1 unspecified atom stereocenters. The Kier molecular flexibility index (Phi) is 3.96. The first-order valence-corrected chi connectivity index (χ1v) is 6.60. The highest BCUT2D eigenvalue weighted by molar-refractivity contribution is 14.1. The standard InChI is InChI=1S/C11H15IN2O2/c1-8-13-7-10(12)11(15)14(8)5-4-9-3-2-6-16-9/h7,9H,2-6H2,1H3. The highest BCUT2D eigenvalue weighted by atomic mass is 127. The van der Waals surface area contributed by atoms with Gasteiger partial charge in [-0.05, 0) is 48.8 Å². The molecule has 0 spiro atoms. The fourth-order valence-corrected chi connectivity index (χ4v) is 2.39. The van der Waals surface area contributed by atoms with Gasteiger partial charge in [-0.3, -0.25) is 9.36 Å². The first-order valence-electron chi connectivity index (χ1n) is 5.52. The molecule has 0 radical (unpaired) electrons. The van der Waals surface area contributed by atoms with Gasteiger partial charge in [0, 0.05) is 19.3 Å². The number of aromatic nitrogens is 2. The Balaban J connectivity index is 2.08. The van der Waals surface area contributed by atoms with Gasteiger partial charge < -0.3 is 4.74 Å². The second kappa shape index (κ2) is 5.27. The van der Waals surface area contributed by atoms with Crippen molar-refractivity contribution in [2.24, 2.45) is 0 Å². The second-order valence-electron chi connectivity index (χ2n) is 4.03. The topological polar surface area (TPSA) is 44.1 Å². The van der Waals surface area contributed by atoms with Crippen LogP contribution in [-0.4, -0.2) is 22.3 Å². The van der Waals surface area contributed by atoms with Crippen molar-refractivity contribution in [1.29, 1.82) is 0 Å². The smallest absolute Gasteiger partial charge is 0.266 e. The highest BCUT2D eigenvalue weighted by Gasteiger charge is 2.16. The van der Waals surface area contributed by atoms with E-state index in [9.17, 15) is 4.79 Å². The number of hydrogen-bond donors (Lipinski definition) is 0. The van der Waals surface area contributed by atoms with Gasteiger partial charge in [0.2, 0.25) is 0 Å². The molecule has 0 amide bonds. The van der Waals surface area contributed by atoms with E-state index in [1.54, 1.807) is 10.8 Å². The number of aryl methyl sites for hydroxylation is 1. The van der Waals surface area contributed by atoms with Crippen LogP contribution in [0.2, 0.25) is 0 Å². The Morgan fingerprint density at radius 3 is 3.19 bits per heavy atom. The molecule has 0 aliphatic carbocycles. The molecular weight excluding hydrogens is 319 g/mol. The first kappa shape index (κ1) is 12.0. The molecule has 1 aromatic rings. The van der Waals surface area contributed by atoms with Crippen LogP contribution < -0.4 is 5.56 Å². The van der Waals surface area contributed by atoms with Crippen molar-refractivity contribution in [3.8, 4) is 0 Å². The molecule has 0 saturated carbocycles. The van der Waals surface area contributed by atoms with Crippen LogP contribution in [0.1, 0.15) is 25.1 Å². The molecule has 1 aliphatic heterocycles. The minimum Gasteiger partial charge on any atom is -0.378 e. The summed E-state index contributed by atoms with van der Waals surface area (Å²) in [5, 5.41) is 0. The normalized spacial score (nSPS) is 20.2. The summed E-state index contributed by atoms with van der Waals surface area (Å²) in [6, 6.07) is 0. The molecular formula is C11H15IN2O2. The van der Waals surface area contributed by atoms with Crippen LogP contribution in [0.4, 0.5) is 0 Å². The molecule has 1 saturated heterocycles. The van der Waals surface area contributed by atoms with Gasteiger partial charge in [-0.1, -0.05) is 0 Å². The van der Waals surface area contributed by atoms with Crippen molar-refractivity contribution in [2.75, 3.05) is 6.61 Å². The maximum absolute atomic E-state index is 11.9. The molecule has 16 heavy (non-hydrogen) atoms. The fourth-order valence-electron chi connectivity index (χ4n) is 1.96. The summed E-state index contributed by atoms with van der Waals surface area (Å²) < 4.78 is 7.96. The maximum atomic E-state index is 11.9. The van der Waals surface area contributed by atoms with E-state index in [1.165, 1.54) is 0 Å². The summed E-state index contributed by atoms with van der Waals surface area (Å²) in [6.07, 6.45) is 5.11. The van der Waals surface area contributed by atoms with E-state index in [0.29, 0.717) is 16.2 Å². The monoisotopic (exact) mass is 334 g/mol. The molecule has 88 valence electrons. The van der Waals surface area contributed by atoms with Crippen molar-refractivity contribution in [3.05, 3.63) is 25.9 Å². The third-order valence-electron chi connectivity index (χ3n) is 2.90. The van der Waals surface area contributed by atoms with Crippen molar-refractivity contribution < 1.29 is 4.74 Å². The van der Waals surface area contributed by atoms with Crippen LogP contribution in [0.5, 0.6) is 0 Å². The zero-order valence-electron chi connectivity index (χ0n) is 9.28. The van der Waals surface area contributed by atoms with E-state index < -0.39 is 0 Å². The van der Waals surface area contributed by atoms with E-state index in [1.807, 2.05) is 29.5 Å². The Hall–Kier alpha value is -0.430. The van der Waals surface area contributed by atoms with E-state index in [2.05, 4.69) is 4.98 Å². The Labute approximate surface area is 108 Å². The summed E-state index contributed by atoms with van der Waals surface area (Å²) in [4.78, 5) is 16.1. The van der Waals surface area contributed by atoms with Gasteiger partial charge in [0.15, 0.2) is 0 Å². The van der Waals surface area contributed by atoms with Gasteiger partial charge in [-0.15, -0.1) is 0 Å². The third-order valence-corrected chi connectivity index (χ3v) is 3.64. The van der Waals surface area contributed by atoms with Crippen LogP contribution >= 0.6 is 22.6 Å². The average Bonchev–Trinajstić information content (AvgIpc) is 2.77. The van der Waals surface area contributed by atoms with Crippen LogP contribution in [0.3, 0.4) is 0 Å². The Morgan fingerprint density at radius 2 is 2.50 bits per heavy atom. The first-order chi connectivity index (χ1) is 7.68. The van der Waals surface area contributed by atoms with Crippen LogP contribution in [0.15, 0.2) is 11.0 Å². The van der Waals surface area contributed by atoms with Gasteiger partial charge >= 0.3 is 0 Å². The molecule has 1 fully saturated rings. The lowest BCUT2D eigenvalue weighted by Crippen LogP contribution is -2.27. The van der Waals surface area contributed by atoms with Crippen molar-refractivity contribution in [3.63, 3.8) is 0 Å². The molecule has 1 aromatic heterocycles. The van der Waals surface area contributed by atoms with Crippen LogP contribution in [0, 0.1) is 10.5 Å². The quantitative estimate of drug-likeness (QED) is 0.791. The largest absolute Gasteiger partial charge is 0.378 e. The lowest BCUT2D eigenvalue weighted by molar-refractivity contribution is 0.0998. The number of hydrogen-bond acceptors (Lipinski definition) is 3. The highest BCUT2D eigenvalue weighted by Crippen LogP contribution is 2.15. The van der Waals surface area contributed by atoms with Gasteiger partial charge in [0.1, 0.15) is 5.82 Å². The summed E-state index contributed by atoms with van der Waals surface area (Å²) in [6.45, 7) is 3.44. The lowest BCUT2D eigenvalue weighted by atomic mass is 10.2. The minimum atomic E-state index is 0.0612. The van der Waals surface area contributed by atoms with Gasteiger partial charge in [-0.2, -0.15) is 0 Å². The lowest BCUT2D eigenvalue weighted by Gasteiger charge is -2.12. The summed E-state index contributed by atoms with van der Waals surface area (Å²) in [7, 11) is 0. The molecule has 2 heterocycles. The van der Waals surface area contributed by atoms with E-state index >= 15 is 0 Å². The number of halogens is 1. The number of ether oxygens (including phenoxy) is 1. The predicted octanol–water partition coefficient (Wildman–Crippen LogP) is 1.73. The van der Waals surface area contributed by atoms with Crippen molar-refractivity contribution in [2.45, 2.75) is 38.8 Å². The number of rotatable bonds is 3. The molecule has 5 heteroatoms. The Morgan fingerprint density at radius 1 is 1.69 bits per heavy atom. The molecule has 1 aliphatic rings. The van der Waals surface area contributed by atoms with E-state index in [-0.39, 0.29) is 5.56 Å². The van der Waals surface area contributed by atoms with E-state index in [4.69, 9.17) is 4.74 Å². The third kappa shape index (κ3) is 2.63. The van der Waals surface area contributed by atoms with Crippen LogP contribution in [-0.2, 0) is 11.3 Å². The molecule has 0 aromatic carbocycles. The Bertz CT molecular complexity index is 424.